The molecule has 0 atom stereocenters. The summed E-state index contributed by atoms with van der Waals surface area (Å²) in [6.07, 6.45) is 0.589. The number of hydrogen-bond acceptors (Lipinski definition) is 7. The zero-order valence-electron chi connectivity index (χ0n) is 18.6. The van der Waals surface area contributed by atoms with Crippen LogP contribution in [0.25, 0.3) is 10.9 Å². The maximum absolute atomic E-state index is 12.4. The zero-order chi connectivity index (χ0) is 23.8. The normalized spacial score (nSPS) is 14.4. The van der Waals surface area contributed by atoms with Gasteiger partial charge in [-0.05, 0) is 30.2 Å². The Morgan fingerprint density at radius 2 is 1.88 bits per heavy atom. The van der Waals surface area contributed by atoms with Crippen LogP contribution in [0.1, 0.15) is 11.4 Å². The molecule has 1 aliphatic heterocycles. The number of nitrogens with one attached hydrogen (secondary N) is 1. The van der Waals surface area contributed by atoms with Crippen LogP contribution in [-0.4, -0.2) is 66.0 Å². The van der Waals surface area contributed by atoms with E-state index >= 15 is 0 Å². The van der Waals surface area contributed by atoms with Gasteiger partial charge in [0.15, 0.2) is 0 Å². The number of rotatable bonds is 10. The predicted octanol–water partition coefficient (Wildman–Crippen LogP) is 3.51. The number of para-hydroxylation sites is 1. The van der Waals surface area contributed by atoms with E-state index in [0.29, 0.717) is 32.7 Å². The molecular formula is C24H26F2N4O3S. The molecule has 34 heavy (non-hydrogen) atoms. The first kappa shape index (κ1) is 24.3. The number of carbonyl (C=O) groups is 1. The van der Waals surface area contributed by atoms with Crippen LogP contribution in [0.2, 0.25) is 0 Å². The summed E-state index contributed by atoms with van der Waals surface area (Å²) in [6.45, 7) is 1.37. The lowest BCUT2D eigenvalue weighted by Crippen LogP contribution is -2.36. The van der Waals surface area contributed by atoms with Crippen molar-refractivity contribution in [2.75, 3.05) is 38.6 Å². The van der Waals surface area contributed by atoms with Crippen molar-refractivity contribution in [2.24, 2.45) is 0 Å². The molecule has 1 aliphatic rings. The van der Waals surface area contributed by atoms with E-state index in [-0.39, 0.29) is 17.4 Å². The summed E-state index contributed by atoms with van der Waals surface area (Å²) in [6, 6.07) is 14.2. The average molecular weight is 489 g/mol. The zero-order valence-corrected chi connectivity index (χ0v) is 19.4. The molecule has 0 saturated carbocycles. The van der Waals surface area contributed by atoms with Crippen molar-refractivity contribution in [3.8, 4) is 5.75 Å². The predicted molar refractivity (Wildman–Crippen MR) is 126 cm³/mol. The molecule has 180 valence electrons. The Morgan fingerprint density at radius 3 is 2.65 bits per heavy atom. The number of thioether (sulfide) groups is 1. The van der Waals surface area contributed by atoms with Crippen LogP contribution in [-0.2, 0) is 22.5 Å². The second kappa shape index (κ2) is 12.0. The second-order valence-corrected chi connectivity index (χ2v) is 8.73. The molecular weight excluding hydrogens is 462 g/mol. The van der Waals surface area contributed by atoms with Gasteiger partial charge in [-0.2, -0.15) is 8.78 Å². The quantitative estimate of drug-likeness (QED) is 0.346. The molecule has 0 unspecified atom stereocenters. The molecule has 2 aromatic carbocycles. The fourth-order valence-corrected chi connectivity index (χ4v) is 4.47. The molecule has 2 heterocycles. The Bertz CT molecular complexity index is 1100. The third kappa shape index (κ3) is 7.09. The van der Waals surface area contributed by atoms with Crippen molar-refractivity contribution >= 4 is 28.6 Å². The number of aromatic nitrogens is 2. The number of hydrogen-bond donors (Lipinski definition) is 1. The van der Waals surface area contributed by atoms with Gasteiger partial charge < -0.3 is 14.8 Å². The van der Waals surface area contributed by atoms with Crippen LogP contribution in [0.5, 0.6) is 5.75 Å². The number of fused-ring (bicyclic) bond motifs is 1. The largest absolute Gasteiger partial charge is 0.435 e. The number of morpholine rings is 1. The van der Waals surface area contributed by atoms with E-state index in [1.165, 1.54) is 23.9 Å². The lowest BCUT2D eigenvalue weighted by Gasteiger charge is -2.25. The third-order valence-corrected chi connectivity index (χ3v) is 6.30. The van der Waals surface area contributed by atoms with Gasteiger partial charge in [-0.25, -0.2) is 9.97 Å². The highest BCUT2D eigenvalue weighted by molar-refractivity contribution is 8.00. The highest BCUT2D eigenvalue weighted by atomic mass is 32.2. The molecule has 0 spiro atoms. The van der Waals surface area contributed by atoms with E-state index in [0.717, 1.165) is 40.4 Å². The Labute approximate surface area is 200 Å². The SMILES string of the molecule is O=C(CSc1nc(CN2CCOCC2)nc2ccccc12)NCCc1ccc(OC(F)F)cc1. The summed E-state index contributed by atoms with van der Waals surface area (Å²) in [5, 5.41) is 4.62. The first-order chi connectivity index (χ1) is 16.6. The number of benzene rings is 2. The summed E-state index contributed by atoms with van der Waals surface area (Å²) < 4.78 is 34.2. The number of amides is 1. The minimum Gasteiger partial charge on any atom is -0.435 e. The molecule has 10 heteroatoms. The van der Waals surface area contributed by atoms with Gasteiger partial charge in [-0.15, -0.1) is 0 Å². The molecule has 1 amide bonds. The fourth-order valence-electron chi connectivity index (χ4n) is 3.60. The van der Waals surface area contributed by atoms with Gasteiger partial charge in [-0.3, -0.25) is 9.69 Å². The number of nitrogens with zero attached hydrogens (tertiary/aromatic N) is 3. The van der Waals surface area contributed by atoms with Crippen molar-refractivity contribution in [1.29, 1.82) is 0 Å². The Balaban J connectivity index is 1.30. The van der Waals surface area contributed by atoms with Gasteiger partial charge in [0.2, 0.25) is 5.91 Å². The molecule has 3 aromatic rings. The number of carbonyl (C=O) groups excluding carboxylic acids is 1. The van der Waals surface area contributed by atoms with Gasteiger partial charge in [0.05, 0.1) is 31.0 Å². The van der Waals surface area contributed by atoms with E-state index < -0.39 is 6.61 Å². The van der Waals surface area contributed by atoms with Crippen molar-refractivity contribution in [1.82, 2.24) is 20.2 Å². The number of alkyl halides is 2. The van der Waals surface area contributed by atoms with Gasteiger partial charge in [0.1, 0.15) is 16.6 Å². The lowest BCUT2D eigenvalue weighted by molar-refractivity contribution is -0.118. The van der Waals surface area contributed by atoms with E-state index in [1.807, 2.05) is 24.3 Å². The average Bonchev–Trinajstić information content (AvgIpc) is 2.84. The maximum atomic E-state index is 12.4. The molecule has 1 aromatic heterocycles. The third-order valence-electron chi connectivity index (χ3n) is 5.31. The molecule has 1 saturated heterocycles. The molecule has 0 aliphatic carbocycles. The highest BCUT2D eigenvalue weighted by Gasteiger charge is 2.15. The molecule has 1 N–H and O–H groups in total. The fraction of sp³-hybridized carbons (Fsp3) is 0.375. The van der Waals surface area contributed by atoms with Crippen LogP contribution >= 0.6 is 11.8 Å². The molecule has 1 fully saturated rings. The minimum atomic E-state index is -2.84. The van der Waals surface area contributed by atoms with Crippen molar-refractivity contribution in [2.45, 2.75) is 24.6 Å². The van der Waals surface area contributed by atoms with Crippen molar-refractivity contribution in [3.05, 3.63) is 59.9 Å². The first-order valence-corrected chi connectivity index (χ1v) is 12.0. The molecule has 0 radical (unpaired) electrons. The summed E-state index contributed by atoms with van der Waals surface area (Å²) in [5.41, 5.74) is 1.78. The number of halogens is 2. The van der Waals surface area contributed by atoms with E-state index in [4.69, 9.17) is 14.7 Å². The maximum Gasteiger partial charge on any atom is 0.387 e. The smallest absolute Gasteiger partial charge is 0.387 e. The Morgan fingerprint density at radius 1 is 1.12 bits per heavy atom. The van der Waals surface area contributed by atoms with Crippen LogP contribution in [0.15, 0.2) is 53.6 Å². The Kier molecular flexibility index (Phi) is 8.62. The van der Waals surface area contributed by atoms with Gasteiger partial charge in [0, 0.05) is 25.0 Å². The van der Waals surface area contributed by atoms with Gasteiger partial charge >= 0.3 is 6.61 Å². The highest BCUT2D eigenvalue weighted by Crippen LogP contribution is 2.25. The van der Waals surface area contributed by atoms with E-state index in [9.17, 15) is 13.6 Å². The molecule has 0 bridgehead atoms. The van der Waals surface area contributed by atoms with Crippen molar-refractivity contribution in [3.63, 3.8) is 0 Å². The van der Waals surface area contributed by atoms with E-state index in [1.54, 1.807) is 12.1 Å². The second-order valence-electron chi connectivity index (χ2n) is 7.76. The van der Waals surface area contributed by atoms with E-state index in [2.05, 4.69) is 15.0 Å². The van der Waals surface area contributed by atoms with Gasteiger partial charge in [0.25, 0.3) is 0 Å². The topological polar surface area (TPSA) is 76.6 Å². The van der Waals surface area contributed by atoms with Gasteiger partial charge in [-0.1, -0.05) is 42.1 Å². The summed E-state index contributed by atoms with van der Waals surface area (Å²) in [7, 11) is 0. The molecule has 7 nitrogen and oxygen atoms in total. The summed E-state index contributed by atoms with van der Waals surface area (Å²) in [5.74, 6) is 0.992. The monoisotopic (exact) mass is 488 g/mol. The minimum absolute atomic E-state index is 0.0972. The van der Waals surface area contributed by atoms with Crippen LogP contribution in [0.3, 0.4) is 0 Å². The Hall–Kier alpha value is -2.82. The van der Waals surface area contributed by atoms with Crippen LogP contribution in [0.4, 0.5) is 8.78 Å². The summed E-state index contributed by atoms with van der Waals surface area (Å²) in [4.78, 5) is 24.1. The van der Waals surface area contributed by atoms with Crippen molar-refractivity contribution < 1.29 is 23.0 Å². The first-order valence-electron chi connectivity index (χ1n) is 11.1. The molecule has 4 rings (SSSR count). The number of ether oxygens (including phenoxy) is 2. The van der Waals surface area contributed by atoms with Crippen LogP contribution < -0.4 is 10.1 Å². The lowest BCUT2D eigenvalue weighted by atomic mass is 10.1. The standard InChI is InChI=1S/C24H26F2N4O3S/c25-24(26)33-18-7-5-17(6-8-18)9-10-27-22(31)16-34-23-19-3-1-2-4-20(19)28-21(29-23)15-30-11-13-32-14-12-30/h1-8,24H,9-16H2,(H,27,31). The summed E-state index contributed by atoms with van der Waals surface area (Å²) >= 11 is 1.39. The van der Waals surface area contributed by atoms with Crippen LogP contribution in [0, 0.1) is 0 Å².